The van der Waals surface area contributed by atoms with Gasteiger partial charge in [0.2, 0.25) is 10.0 Å². The first-order chi connectivity index (χ1) is 13.5. The molecular formula is C20H24N2O4S2. The van der Waals surface area contributed by atoms with Crippen molar-refractivity contribution in [2.24, 2.45) is 0 Å². The van der Waals surface area contributed by atoms with Crippen LogP contribution in [0.4, 0.5) is 0 Å². The molecule has 0 radical (unpaired) electrons. The number of likely N-dealkylation sites (tertiary alicyclic amines) is 1. The van der Waals surface area contributed by atoms with Crippen molar-refractivity contribution >= 4 is 27.7 Å². The van der Waals surface area contributed by atoms with Gasteiger partial charge in [-0.05, 0) is 49.4 Å². The number of ether oxygens (including phenoxy) is 1. The molecule has 0 bridgehead atoms. The third-order valence-electron chi connectivity index (χ3n) is 4.51. The Morgan fingerprint density at radius 2 is 1.86 bits per heavy atom. The lowest BCUT2D eigenvalue weighted by Gasteiger charge is -2.18. The Morgan fingerprint density at radius 1 is 1.14 bits per heavy atom. The Morgan fingerprint density at radius 3 is 2.54 bits per heavy atom. The number of thioether (sulfide) groups is 1. The second-order valence-electron chi connectivity index (χ2n) is 6.42. The third kappa shape index (κ3) is 5.06. The molecule has 1 aliphatic rings. The van der Waals surface area contributed by atoms with E-state index in [-0.39, 0.29) is 24.0 Å². The molecule has 0 spiro atoms. The predicted molar refractivity (Wildman–Crippen MR) is 110 cm³/mol. The minimum Gasteiger partial charge on any atom is -0.492 e. The number of nitrogens with one attached hydrogen (secondary N) is 1. The number of hydrogen-bond acceptors (Lipinski definition) is 5. The van der Waals surface area contributed by atoms with Crippen molar-refractivity contribution in [1.82, 2.24) is 9.62 Å². The maximum Gasteiger partial charge on any atom is 0.255 e. The second-order valence-corrected chi connectivity index (χ2v) is 9.04. The van der Waals surface area contributed by atoms with Crippen molar-refractivity contribution in [1.29, 1.82) is 0 Å². The Labute approximate surface area is 170 Å². The first kappa shape index (κ1) is 20.7. The molecule has 0 atom stereocenters. The van der Waals surface area contributed by atoms with Crippen LogP contribution in [0.1, 0.15) is 23.2 Å². The van der Waals surface area contributed by atoms with Crippen molar-refractivity contribution in [2.45, 2.75) is 22.6 Å². The zero-order valence-electron chi connectivity index (χ0n) is 15.8. The molecule has 3 rings (SSSR count). The van der Waals surface area contributed by atoms with Crippen LogP contribution in [-0.2, 0) is 10.0 Å². The van der Waals surface area contributed by atoms with Crippen molar-refractivity contribution < 1.29 is 17.9 Å². The number of hydrogen-bond donors (Lipinski definition) is 1. The van der Waals surface area contributed by atoms with Crippen molar-refractivity contribution in [2.75, 3.05) is 32.5 Å². The smallest absolute Gasteiger partial charge is 0.255 e. The highest BCUT2D eigenvalue weighted by molar-refractivity contribution is 7.98. The third-order valence-corrected chi connectivity index (χ3v) is 6.77. The summed E-state index contributed by atoms with van der Waals surface area (Å²) in [5.74, 6) is 0.579. The monoisotopic (exact) mass is 420 g/mol. The highest BCUT2D eigenvalue weighted by atomic mass is 32.2. The highest BCUT2D eigenvalue weighted by Gasteiger charge is 2.24. The quantitative estimate of drug-likeness (QED) is 0.525. The highest BCUT2D eigenvalue weighted by Crippen LogP contribution is 2.26. The van der Waals surface area contributed by atoms with Gasteiger partial charge in [0.1, 0.15) is 12.4 Å². The van der Waals surface area contributed by atoms with Crippen LogP contribution in [0.25, 0.3) is 0 Å². The van der Waals surface area contributed by atoms with Crippen molar-refractivity contribution in [3.05, 3.63) is 54.1 Å². The summed E-state index contributed by atoms with van der Waals surface area (Å²) >= 11 is 1.44. The normalized spacial score (nSPS) is 14.2. The van der Waals surface area contributed by atoms with Gasteiger partial charge in [-0.15, -0.1) is 11.8 Å². The Bertz CT molecular complexity index is 911. The van der Waals surface area contributed by atoms with Gasteiger partial charge >= 0.3 is 0 Å². The van der Waals surface area contributed by atoms with Crippen LogP contribution in [0.3, 0.4) is 0 Å². The summed E-state index contributed by atoms with van der Waals surface area (Å²) in [5, 5.41) is 0. The van der Waals surface area contributed by atoms with Crippen molar-refractivity contribution in [3.63, 3.8) is 0 Å². The van der Waals surface area contributed by atoms with E-state index in [1.807, 2.05) is 36.6 Å². The summed E-state index contributed by atoms with van der Waals surface area (Å²) in [6, 6.07) is 13.9. The van der Waals surface area contributed by atoms with Crippen LogP contribution in [-0.4, -0.2) is 51.7 Å². The molecule has 1 N–H and O–H groups in total. The molecule has 1 amide bonds. The zero-order valence-corrected chi connectivity index (χ0v) is 17.4. The van der Waals surface area contributed by atoms with E-state index in [2.05, 4.69) is 4.72 Å². The molecule has 1 heterocycles. The molecule has 0 aromatic heterocycles. The number of carbonyl (C=O) groups excluding carboxylic acids is 1. The predicted octanol–water partition coefficient (Wildman–Crippen LogP) is 3.00. The number of carbonyl (C=O) groups is 1. The van der Waals surface area contributed by atoms with Gasteiger partial charge in [0, 0.05) is 24.5 Å². The molecule has 0 saturated carbocycles. The van der Waals surface area contributed by atoms with Gasteiger partial charge in [-0.3, -0.25) is 4.79 Å². The number of rotatable bonds is 8. The molecule has 150 valence electrons. The van der Waals surface area contributed by atoms with Crippen LogP contribution >= 0.6 is 11.8 Å². The van der Waals surface area contributed by atoms with E-state index in [4.69, 9.17) is 4.74 Å². The lowest BCUT2D eigenvalue weighted by molar-refractivity contribution is 0.0789. The SMILES string of the molecule is CSc1ccc(S(=O)(=O)NCCOc2ccccc2)cc1C(=O)N1CCCC1. The van der Waals surface area contributed by atoms with Gasteiger partial charge in [0.25, 0.3) is 5.91 Å². The average Bonchev–Trinajstić information content (AvgIpc) is 3.26. The van der Waals surface area contributed by atoms with Crippen LogP contribution in [0.5, 0.6) is 5.75 Å². The van der Waals surface area contributed by atoms with Crippen LogP contribution in [0.2, 0.25) is 0 Å². The molecule has 0 aliphatic carbocycles. The molecule has 1 aliphatic heterocycles. The fourth-order valence-electron chi connectivity index (χ4n) is 3.06. The van der Waals surface area contributed by atoms with E-state index < -0.39 is 10.0 Å². The van der Waals surface area contributed by atoms with Gasteiger partial charge in [-0.1, -0.05) is 18.2 Å². The van der Waals surface area contributed by atoms with Crippen molar-refractivity contribution in [3.8, 4) is 5.75 Å². The lowest BCUT2D eigenvalue weighted by atomic mass is 10.2. The summed E-state index contributed by atoms with van der Waals surface area (Å²) in [5.41, 5.74) is 0.442. The molecule has 8 heteroatoms. The second kappa shape index (κ2) is 9.45. The maximum absolute atomic E-state index is 12.8. The van der Waals surface area contributed by atoms with E-state index in [0.29, 0.717) is 11.3 Å². The molecule has 1 fully saturated rings. The average molecular weight is 421 g/mol. The Kier molecular flexibility index (Phi) is 6.98. The van der Waals surface area contributed by atoms with E-state index >= 15 is 0 Å². The minimum absolute atomic E-state index is 0.0903. The van der Waals surface area contributed by atoms with Gasteiger partial charge in [0.05, 0.1) is 10.5 Å². The largest absolute Gasteiger partial charge is 0.492 e. The van der Waals surface area contributed by atoms with E-state index in [9.17, 15) is 13.2 Å². The van der Waals surface area contributed by atoms with Gasteiger partial charge in [0.15, 0.2) is 0 Å². The van der Waals surface area contributed by atoms with Crippen LogP contribution < -0.4 is 9.46 Å². The van der Waals surface area contributed by atoms with E-state index in [1.165, 1.54) is 23.9 Å². The van der Waals surface area contributed by atoms with Gasteiger partial charge in [-0.25, -0.2) is 13.1 Å². The molecule has 28 heavy (non-hydrogen) atoms. The summed E-state index contributed by atoms with van der Waals surface area (Å²) < 4.78 is 33.3. The molecule has 1 saturated heterocycles. The fraction of sp³-hybridized carbons (Fsp3) is 0.350. The number of amides is 1. The summed E-state index contributed by atoms with van der Waals surface area (Å²) in [7, 11) is -3.73. The molecule has 2 aromatic rings. The number of para-hydroxylation sites is 1. The lowest BCUT2D eigenvalue weighted by Crippen LogP contribution is -2.30. The molecule has 2 aromatic carbocycles. The zero-order chi connectivity index (χ0) is 20.0. The Hall–Kier alpha value is -2.03. The maximum atomic E-state index is 12.8. The van der Waals surface area contributed by atoms with E-state index in [0.717, 1.165) is 30.8 Å². The topological polar surface area (TPSA) is 75.7 Å². The number of benzene rings is 2. The summed E-state index contributed by atoms with van der Waals surface area (Å²) in [6.45, 7) is 1.79. The summed E-state index contributed by atoms with van der Waals surface area (Å²) in [4.78, 5) is 15.5. The standard InChI is InChI=1S/C20H24N2O4S2/c1-27-19-10-9-17(15-18(19)20(23)22-12-5-6-13-22)28(24,25)21-11-14-26-16-7-3-2-4-8-16/h2-4,7-10,15,21H,5-6,11-14H2,1H3. The van der Waals surface area contributed by atoms with Gasteiger partial charge in [-0.2, -0.15) is 0 Å². The molecule has 0 unspecified atom stereocenters. The Balaban J connectivity index is 1.68. The minimum atomic E-state index is -3.73. The van der Waals surface area contributed by atoms with Crippen LogP contribution in [0, 0.1) is 0 Å². The van der Waals surface area contributed by atoms with Gasteiger partial charge < -0.3 is 9.64 Å². The first-order valence-corrected chi connectivity index (χ1v) is 11.9. The fourth-order valence-corrected chi connectivity index (χ4v) is 4.67. The molecule has 6 nitrogen and oxygen atoms in total. The first-order valence-electron chi connectivity index (χ1n) is 9.16. The molecular weight excluding hydrogens is 396 g/mol. The van der Waals surface area contributed by atoms with Crippen LogP contribution in [0.15, 0.2) is 58.3 Å². The summed E-state index contributed by atoms with van der Waals surface area (Å²) in [6.07, 6.45) is 3.85. The van der Waals surface area contributed by atoms with E-state index in [1.54, 1.807) is 11.0 Å². The number of sulfonamides is 1. The number of nitrogens with zero attached hydrogens (tertiary/aromatic N) is 1.